The van der Waals surface area contributed by atoms with Gasteiger partial charge in [0.1, 0.15) is 0 Å². The second-order valence-corrected chi connectivity index (χ2v) is 3.74. The fourth-order valence-electron chi connectivity index (χ4n) is 1.29. The average molecular weight is 284 g/mol. The topological polar surface area (TPSA) is 17.1 Å². The van der Waals surface area contributed by atoms with Gasteiger partial charge in [0, 0.05) is 5.57 Å². The highest BCUT2D eigenvalue weighted by molar-refractivity contribution is 6.06. The molecule has 0 aliphatic rings. The molecule has 0 aromatic heterocycles. The van der Waals surface area contributed by atoms with Crippen LogP contribution in [0.15, 0.2) is 84.6 Å². The van der Waals surface area contributed by atoms with Crippen molar-refractivity contribution in [3.8, 4) is 0 Å². The van der Waals surface area contributed by atoms with Crippen molar-refractivity contribution in [3.63, 3.8) is 0 Å². The van der Waals surface area contributed by atoms with Crippen molar-refractivity contribution < 1.29 is 4.79 Å². The molecule has 0 saturated carbocycles. The zero-order chi connectivity index (χ0) is 16.5. The van der Waals surface area contributed by atoms with E-state index in [1.807, 2.05) is 77.2 Å². The predicted molar refractivity (Wildman–Crippen MR) is 96.3 cm³/mol. The second kappa shape index (κ2) is 15.9. The van der Waals surface area contributed by atoms with Gasteiger partial charge in [0.2, 0.25) is 0 Å². The van der Waals surface area contributed by atoms with Gasteiger partial charge in [-0.3, -0.25) is 4.79 Å². The Kier molecular flexibility index (Phi) is 16.0. The van der Waals surface area contributed by atoms with Crippen molar-refractivity contribution in [1.29, 1.82) is 0 Å². The largest absolute Gasteiger partial charge is 0.289 e. The van der Waals surface area contributed by atoms with E-state index >= 15 is 0 Å². The highest BCUT2D eigenvalue weighted by Gasteiger charge is 1.99. The molecule has 0 saturated heterocycles. The molecule has 0 heterocycles. The van der Waals surface area contributed by atoms with Crippen LogP contribution in [0, 0.1) is 0 Å². The molecule has 0 radical (unpaired) electrons. The van der Waals surface area contributed by atoms with Crippen LogP contribution in [0.4, 0.5) is 0 Å². The first-order chi connectivity index (χ1) is 10.2. The van der Waals surface area contributed by atoms with Gasteiger partial charge < -0.3 is 0 Å². The Labute approximate surface area is 130 Å². The van der Waals surface area contributed by atoms with Crippen LogP contribution < -0.4 is 0 Å². The van der Waals surface area contributed by atoms with Crippen molar-refractivity contribution in [2.45, 2.75) is 34.6 Å². The highest BCUT2D eigenvalue weighted by atomic mass is 16.1. The monoisotopic (exact) mass is 284 g/mol. The summed E-state index contributed by atoms with van der Waals surface area (Å²) in [6.45, 7) is 13.5. The smallest absolute Gasteiger partial charge is 0.185 e. The summed E-state index contributed by atoms with van der Waals surface area (Å²) in [6, 6.07) is 0. The molecular formula is C20H28O. The lowest BCUT2D eigenvalue weighted by Gasteiger charge is -1.95. The summed E-state index contributed by atoms with van der Waals surface area (Å²) in [6.07, 6.45) is 20.1. The van der Waals surface area contributed by atoms with Gasteiger partial charge in [-0.15, -0.1) is 0 Å². The first-order valence-corrected chi connectivity index (χ1v) is 7.33. The first-order valence-electron chi connectivity index (χ1n) is 7.33. The summed E-state index contributed by atoms with van der Waals surface area (Å²) in [5.74, 6) is -0.0519. The molecule has 0 fully saturated rings. The Bertz CT molecular complexity index is 466. The quantitative estimate of drug-likeness (QED) is 0.420. The lowest BCUT2D eigenvalue weighted by molar-refractivity contribution is -0.111. The van der Waals surface area contributed by atoms with Crippen LogP contribution >= 0.6 is 0 Å². The first kappa shape index (κ1) is 21.2. The van der Waals surface area contributed by atoms with E-state index in [2.05, 4.69) is 6.58 Å². The van der Waals surface area contributed by atoms with E-state index < -0.39 is 0 Å². The molecule has 0 unspecified atom stereocenters. The molecule has 1 heteroatoms. The minimum atomic E-state index is -0.0519. The summed E-state index contributed by atoms with van der Waals surface area (Å²) in [4.78, 5) is 11.9. The maximum atomic E-state index is 11.9. The molecule has 0 bridgehead atoms. The number of allylic oxidation sites excluding steroid dienone is 13. The highest BCUT2D eigenvalue weighted by Crippen LogP contribution is 2.05. The standard InChI is InChI=1S/C18H22O.C2H6/c1-5-9-12-16(11-7-3)14-15-18(19)17(8-4)13-10-6-2;1-2/h5-15H,4H2,1-3H3;1-2H3/b9-5-,10-6-,11-7-,15-14+,16-12+,17-13+;. The fraction of sp³-hybridized carbons (Fsp3) is 0.250. The third-order valence-electron chi connectivity index (χ3n) is 2.24. The maximum absolute atomic E-state index is 11.9. The molecule has 0 aliphatic heterocycles. The van der Waals surface area contributed by atoms with Crippen molar-refractivity contribution >= 4 is 5.78 Å². The molecule has 0 spiro atoms. The van der Waals surface area contributed by atoms with Crippen LogP contribution in [0.2, 0.25) is 0 Å². The van der Waals surface area contributed by atoms with Crippen molar-refractivity contribution in [3.05, 3.63) is 84.6 Å². The zero-order valence-electron chi connectivity index (χ0n) is 14.0. The molecule has 21 heavy (non-hydrogen) atoms. The van der Waals surface area contributed by atoms with Crippen molar-refractivity contribution in [2.24, 2.45) is 0 Å². The minimum Gasteiger partial charge on any atom is -0.289 e. The van der Waals surface area contributed by atoms with Crippen LogP contribution in [0.3, 0.4) is 0 Å². The predicted octanol–water partition coefficient (Wildman–Crippen LogP) is 5.91. The van der Waals surface area contributed by atoms with E-state index in [-0.39, 0.29) is 5.78 Å². The number of carbonyl (C=O) groups excluding carboxylic acids is 1. The number of rotatable bonds is 7. The SMILES string of the molecule is C=C/C(=C\C=C/C)C(=O)/C=C/C(/C=C\C)=C/C=C\C.CC. The van der Waals surface area contributed by atoms with Crippen molar-refractivity contribution in [1.82, 2.24) is 0 Å². The molecule has 0 amide bonds. The van der Waals surface area contributed by atoms with Crippen LogP contribution in [-0.4, -0.2) is 5.78 Å². The van der Waals surface area contributed by atoms with Crippen LogP contribution in [0.25, 0.3) is 0 Å². The summed E-state index contributed by atoms with van der Waals surface area (Å²) in [5.41, 5.74) is 1.56. The lowest BCUT2D eigenvalue weighted by atomic mass is 10.1. The summed E-state index contributed by atoms with van der Waals surface area (Å²) in [5, 5.41) is 0. The van der Waals surface area contributed by atoms with E-state index in [0.717, 1.165) is 5.57 Å². The Morgan fingerprint density at radius 3 is 1.86 bits per heavy atom. The van der Waals surface area contributed by atoms with Gasteiger partial charge in [-0.05, 0) is 32.4 Å². The van der Waals surface area contributed by atoms with Gasteiger partial charge in [0.15, 0.2) is 5.78 Å². The lowest BCUT2D eigenvalue weighted by Crippen LogP contribution is -1.95. The van der Waals surface area contributed by atoms with E-state index in [1.54, 1.807) is 24.3 Å². The fourth-order valence-corrected chi connectivity index (χ4v) is 1.29. The van der Waals surface area contributed by atoms with E-state index in [9.17, 15) is 4.79 Å². The molecule has 114 valence electrons. The minimum absolute atomic E-state index is 0.0519. The number of carbonyl (C=O) groups is 1. The number of hydrogen-bond donors (Lipinski definition) is 0. The molecule has 0 N–H and O–H groups in total. The van der Waals surface area contributed by atoms with Gasteiger partial charge in [-0.1, -0.05) is 81.2 Å². The summed E-state index contributed by atoms with van der Waals surface area (Å²) in [7, 11) is 0. The van der Waals surface area contributed by atoms with Crippen molar-refractivity contribution in [2.75, 3.05) is 0 Å². The molecule has 0 aromatic rings. The van der Waals surface area contributed by atoms with Gasteiger partial charge in [-0.2, -0.15) is 0 Å². The molecule has 1 nitrogen and oxygen atoms in total. The van der Waals surface area contributed by atoms with Gasteiger partial charge >= 0.3 is 0 Å². The van der Waals surface area contributed by atoms with Crippen LogP contribution in [0.5, 0.6) is 0 Å². The Morgan fingerprint density at radius 1 is 0.810 bits per heavy atom. The summed E-state index contributed by atoms with van der Waals surface area (Å²) >= 11 is 0. The zero-order valence-corrected chi connectivity index (χ0v) is 14.0. The van der Waals surface area contributed by atoms with Gasteiger partial charge in [0.25, 0.3) is 0 Å². The third-order valence-corrected chi connectivity index (χ3v) is 2.24. The average Bonchev–Trinajstić information content (AvgIpc) is 2.52. The van der Waals surface area contributed by atoms with Crippen LogP contribution in [-0.2, 0) is 4.79 Å². The number of hydrogen-bond acceptors (Lipinski definition) is 1. The van der Waals surface area contributed by atoms with E-state index in [4.69, 9.17) is 0 Å². The number of ketones is 1. The third kappa shape index (κ3) is 11.4. The molecule has 0 rings (SSSR count). The maximum Gasteiger partial charge on any atom is 0.185 e. The Hall–Kier alpha value is -2.15. The van der Waals surface area contributed by atoms with E-state index in [1.165, 1.54) is 0 Å². The normalized spacial score (nSPS) is 13.2. The van der Waals surface area contributed by atoms with Crippen LogP contribution in [0.1, 0.15) is 34.6 Å². The molecule has 0 aromatic carbocycles. The second-order valence-electron chi connectivity index (χ2n) is 3.74. The molecule has 0 aliphatic carbocycles. The molecular weight excluding hydrogens is 256 g/mol. The Balaban J connectivity index is 0. The van der Waals surface area contributed by atoms with Gasteiger partial charge in [-0.25, -0.2) is 0 Å². The molecule has 0 atom stereocenters. The van der Waals surface area contributed by atoms with Gasteiger partial charge in [0.05, 0.1) is 0 Å². The Morgan fingerprint density at radius 2 is 1.38 bits per heavy atom. The summed E-state index contributed by atoms with van der Waals surface area (Å²) < 4.78 is 0. The van der Waals surface area contributed by atoms with E-state index in [0.29, 0.717) is 5.57 Å².